The minimum atomic E-state index is -0.234. The summed E-state index contributed by atoms with van der Waals surface area (Å²) in [6.07, 6.45) is 10.9. The van der Waals surface area contributed by atoms with E-state index in [1.54, 1.807) is 12.1 Å². The first-order chi connectivity index (χ1) is 14.7. The Morgan fingerprint density at radius 3 is 2.67 bits per heavy atom. The zero-order valence-corrected chi connectivity index (χ0v) is 17.3. The van der Waals surface area contributed by atoms with Crippen molar-refractivity contribution < 1.29 is 4.39 Å². The molecule has 0 spiro atoms. The summed E-state index contributed by atoms with van der Waals surface area (Å²) in [4.78, 5) is 6.81. The van der Waals surface area contributed by atoms with E-state index in [9.17, 15) is 4.39 Å². The number of nitrogens with one attached hydrogen (secondary N) is 1. The molecule has 1 N–H and O–H groups in total. The molecule has 4 nitrogen and oxygen atoms in total. The van der Waals surface area contributed by atoms with Crippen LogP contribution in [0.4, 0.5) is 4.39 Å². The van der Waals surface area contributed by atoms with Crippen molar-refractivity contribution in [3.8, 4) is 22.4 Å². The number of fused-ring (bicyclic) bond motifs is 1. The van der Waals surface area contributed by atoms with Crippen LogP contribution in [0, 0.1) is 11.7 Å². The van der Waals surface area contributed by atoms with Crippen LogP contribution < -0.4 is 0 Å². The first-order valence-electron chi connectivity index (χ1n) is 10.9. The van der Waals surface area contributed by atoms with E-state index in [-0.39, 0.29) is 5.82 Å². The lowest BCUT2D eigenvalue weighted by atomic mass is 9.92. The molecule has 0 saturated carbocycles. The molecule has 0 amide bonds. The molecule has 4 heterocycles. The van der Waals surface area contributed by atoms with Crippen LogP contribution in [-0.4, -0.2) is 39.2 Å². The minimum Gasteiger partial charge on any atom is -0.296 e. The summed E-state index contributed by atoms with van der Waals surface area (Å²) in [6, 6.07) is 11.2. The molecule has 2 atom stereocenters. The Kier molecular flexibility index (Phi) is 5.21. The average molecular weight is 403 g/mol. The maximum atomic E-state index is 13.5. The predicted molar refractivity (Wildman–Crippen MR) is 118 cm³/mol. The van der Waals surface area contributed by atoms with E-state index in [0.29, 0.717) is 6.04 Å². The highest BCUT2D eigenvalue weighted by molar-refractivity contribution is 5.89. The average Bonchev–Trinajstić information content (AvgIpc) is 3.38. The predicted octanol–water partition coefficient (Wildman–Crippen LogP) is 5.56. The van der Waals surface area contributed by atoms with E-state index in [1.165, 1.54) is 43.5 Å². The highest BCUT2D eigenvalue weighted by Crippen LogP contribution is 2.40. The summed E-state index contributed by atoms with van der Waals surface area (Å²) in [5, 5.41) is 8.01. The molecule has 2 aromatic heterocycles. The fourth-order valence-electron chi connectivity index (χ4n) is 5.06. The van der Waals surface area contributed by atoms with Crippen LogP contribution in [0.25, 0.3) is 28.0 Å². The van der Waals surface area contributed by atoms with Gasteiger partial charge in [-0.2, -0.15) is 5.10 Å². The zero-order valence-electron chi connectivity index (χ0n) is 17.3. The van der Waals surface area contributed by atoms with Crippen molar-refractivity contribution in [2.24, 2.45) is 5.92 Å². The summed E-state index contributed by atoms with van der Waals surface area (Å²) < 4.78 is 13.5. The summed E-state index contributed by atoms with van der Waals surface area (Å²) in [5.41, 5.74) is 6.33. The Bertz CT molecular complexity index is 1040. The van der Waals surface area contributed by atoms with Gasteiger partial charge < -0.3 is 0 Å². The molecule has 0 unspecified atom stereocenters. The van der Waals surface area contributed by atoms with E-state index in [1.807, 2.05) is 24.5 Å². The highest BCUT2D eigenvalue weighted by Gasteiger charge is 2.34. The SMILES string of the molecule is CCC[C@H]1C[C@H]2C=C(c3n[nH]c(-c4ccc(F)cc4)c3-c3ccncc3)CCN2C1. The highest BCUT2D eigenvalue weighted by atomic mass is 19.1. The molecule has 1 saturated heterocycles. The van der Waals surface area contributed by atoms with Gasteiger partial charge in [-0.05, 0) is 72.7 Å². The largest absolute Gasteiger partial charge is 0.296 e. The van der Waals surface area contributed by atoms with Gasteiger partial charge in [0.1, 0.15) is 5.82 Å². The van der Waals surface area contributed by atoms with E-state index in [2.05, 4.69) is 28.0 Å². The molecule has 3 aromatic rings. The number of hydrogen-bond acceptors (Lipinski definition) is 3. The van der Waals surface area contributed by atoms with Crippen molar-refractivity contribution >= 4 is 5.57 Å². The summed E-state index contributed by atoms with van der Waals surface area (Å²) in [6.45, 7) is 4.59. The smallest absolute Gasteiger partial charge is 0.123 e. The van der Waals surface area contributed by atoms with Gasteiger partial charge in [-0.1, -0.05) is 19.4 Å². The maximum absolute atomic E-state index is 13.5. The summed E-state index contributed by atoms with van der Waals surface area (Å²) >= 11 is 0. The second-order valence-corrected chi connectivity index (χ2v) is 8.46. The monoisotopic (exact) mass is 402 g/mol. The van der Waals surface area contributed by atoms with Crippen LogP contribution in [0.2, 0.25) is 0 Å². The number of nitrogens with zero attached hydrogens (tertiary/aromatic N) is 3. The normalized spacial score (nSPS) is 21.5. The number of hydrogen-bond donors (Lipinski definition) is 1. The fourth-order valence-corrected chi connectivity index (χ4v) is 5.06. The second kappa shape index (κ2) is 8.15. The number of rotatable bonds is 5. The third kappa shape index (κ3) is 3.58. The van der Waals surface area contributed by atoms with Crippen LogP contribution >= 0.6 is 0 Å². The summed E-state index contributed by atoms with van der Waals surface area (Å²) in [7, 11) is 0. The van der Waals surface area contributed by atoms with E-state index in [4.69, 9.17) is 5.10 Å². The van der Waals surface area contributed by atoms with Gasteiger partial charge in [0.15, 0.2) is 0 Å². The Morgan fingerprint density at radius 1 is 1.10 bits per heavy atom. The molecule has 1 fully saturated rings. The van der Waals surface area contributed by atoms with Gasteiger partial charge in [0.05, 0.1) is 11.4 Å². The third-order valence-corrected chi connectivity index (χ3v) is 6.47. The maximum Gasteiger partial charge on any atom is 0.123 e. The lowest BCUT2D eigenvalue weighted by Gasteiger charge is -2.28. The number of halogens is 1. The molecule has 0 aliphatic carbocycles. The van der Waals surface area contributed by atoms with Crippen LogP contribution in [0.5, 0.6) is 0 Å². The van der Waals surface area contributed by atoms with Gasteiger partial charge in [0.25, 0.3) is 0 Å². The molecular formula is C25H27FN4. The molecule has 5 heteroatoms. The van der Waals surface area contributed by atoms with E-state index in [0.717, 1.165) is 47.0 Å². The standard InChI is InChI=1S/C25H27FN4/c1-2-3-17-14-22-15-20(10-13-30(22)16-17)25-23(18-8-11-27-12-9-18)24(28-29-25)19-4-6-21(26)7-5-19/h4-9,11-12,15,17,22H,2-3,10,13-14,16H2,1H3,(H,28,29)/t17-,22-/m0/s1. The molecule has 0 radical (unpaired) electrons. The molecule has 1 aromatic carbocycles. The van der Waals surface area contributed by atoms with Crippen molar-refractivity contribution in [2.45, 2.75) is 38.6 Å². The second-order valence-electron chi connectivity index (χ2n) is 8.46. The summed E-state index contributed by atoms with van der Waals surface area (Å²) in [5.74, 6) is 0.575. The number of aromatic nitrogens is 3. The van der Waals surface area contributed by atoms with Gasteiger partial charge in [-0.15, -0.1) is 0 Å². The van der Waals surface area contributed by atoms with E-state index < -0.39 is 0 Å². The Hall–Kier alpha value is -2.79. The van der Waals surface area contributed by atoms with Crippen LogP contribution in [0.1, 0.15) is 38.3 Å². The molecule has 154 valence electrons. The Balaban J connectivity index is 1.56. The Labute approximate surface area is 176 Å². The van der Waals surface area contributed by atoms with Crippen LogP contribution in [0.15, 0.2) is 54.9 Å². The van der Waals surface area contributed by atoms with Gasteiger partial charge in [0.2, 0.25) is 0 Å². The van der Waals surface area contributed by atoms with Crippen molar-refractivity contribution in [2.75, 3.05) is 13.1 Å². The molecular weight excluding hydrogens is 375 g/mol. The molecule has 2 aliphatic heterocycles. The number of aromatic amines is 1. The van der Waals surface area contributed by atoms with Gasteiger partial charge in [0, 0.05) is 42.7 Å². The topological polar surface area (TPSA) is 44.8 Å². The van der Waals surface area contributed by atoms with Crippen molar-refractivity contribution in [1.82, 2.24) is 20.1 Å². The number of H-pyrrole nitrogens is 1. The van der Waals surface area contributed by atoms with Crippen molar-refractivity contribution in [1.29, 1.82) is 0 Å². The number of pyridine rings is 1. The van der Waals surface area contributed by atoms with Crippen molar-refractivity contribution in [3.63, 3.8) is 0 Å². The zero-order chi connectivity index (χ0) is 20.5. The van der Waals surface area contributed by atoms with Crippen molar-refractivity contribution in [3.05, 3.63) is 66.4 Å². The lowest BCUT2D eigenvalue weighted by Crippen LogP contribution is -2.32. The fraction of sp³-hybridized carbons (Fsp3) is 0.360. The van der Waals surface area contributed by atoms with E-state index >= 15 is 0 Å². The van der Waals surface area contributed by atoms with Crippen LogP contribution in [0.3, 0.4) is 0 Å². The first-order valence-corrected chi connectivity index (χ1v) is 10.9. The van der Waals surface area contributed by atoms with Gasteiger partial charge >= 0.3 is 0 Å². The quantitative estimate of drug-likeness (QED) is 0.608. The number of benzene rings is 1. The van der Waals surface area contributed by atoms with Gasteiger partial charge in [-0.25, -0.2) is 4.39 Å². The van der Waals surface area contributed by atoms with Crippen LogP contribution in [-0.2, 0) is 0 Å². The molecule has 5 rings (SSSR count). The third-order valence-electron chi connectivity index (χ3n) is 6.47. The Morgan fingerprint density at radius 2 is 1.90 bits per heavy atom. The molecule has 0 bridgehead atoms. The lowest BCUT2D eigenvalue weighted by molar-refractivity contribution is 0.279. The molecule has 2 aliphatic rings. The minimum absolute atomic E-state index is 0.234. The van der Waals surface area contributed by atoms with Gasteiger partial charge in [-0.3, -0.25) is 15.0 Å². The molecule has 30 heavy (non-hydrogen) atoms. The first kappa shape index (κ1) is 19.2.